The van der Waals surface area contributed by atoms with E-state index in [1.54, 1.807) is 31.4 Å². The molecule has 2 N–H and O–H groups in total. The second kappa shape index (κ2) is 8.31. The van der Waals surface area contributed by atoms with Gasteiger partial charge in [-0.2, -0.15) is 0 Å². The third kappa shape index (κ3) is 6.48. The number of aliphatic hydroxyl groups excluding tert-OH is 1. The zero-order valence-corrected chi connectivity index (χ0v) is 10.6. The standard InChI is InChI=1S/C12H18ClNO3/c1-16-6-5-14-8-11(15)9-17-12-4-2-3-10(13)7-12/h2-4,7,11,14-15H,5-6,8-9H2,1H3. The molecule has 0 saturated heterocycles. The van der Waals surface area contributed by atoms with Crippen molar-refractivity contribution in [3.05, 3.63) is 29.3 Å². The zero-order chi connectivity index (χ0) is 12.5. The molecule has 1 unspecified atom stereocenters. The molecule has 5 heteroatoms. The molecule has 0 spiro atoms. The third-order valence-electron chi connectivity index (χ3n) is 2.10. The molecule has 1 aromatic rings. The van der Waals surface area contributed by atoms with Crippen LogP contribution >= 0.6 is 11.6 Å². The summed E-state index contributed by atoms with van der Waals surface area (Å²) in [7, 11) is 1.64. The molecule has 0 bridgehead atoms. The summed E-state index contributed by atoms with van der Waals surface area (Å²) in [5, 5.41) is 13.3. The second-order valence-electron chi connectivity index (χ2n) is 3.62. The quantitative estimate of drug-likeness (QED) is 0.692. The molecule has 1 aromatic carbocycles. The molecule has 1 rings (SSSR count). The van der Waals surface area contributed by atoms with E-state index >= 15 is 0 Å². The van der Waals surface area contributed by atoms with Crippen LogP contribution in [-0.4, -0.2) is 44.6 Å². The molecule has 4 nitrogen and oxygen atoms in total. The average Bonchev–Trinajstić information content (AvgIpc) is 2.32. The highest BCUT2D eigenvalue weighted by Crippen LogP contribution is 2.16. The first-order valence-electron chi connectivity index (χ1n) is 5.48. The number of hydrogen-bond acceptors (Lipinski definition) is 4. The van der Waals surface area contributed by atoms with Gasteiger partial charge in [0.2, 0.25) is 0 Å². The maximum atomic E-state index is 9.62. The molecule has 0 amide bonds. The molecule has 0 aliphatic heterocycles. The first-order valence-corrected chi connectivity index (χ1v) is 5.86. The number of methoxy groups -OCH3 is 1. The number of rotatable bonds is 8. The Morgan fingerprint density at radius 2 is 2.29 bits per heavy atom. The van der Waals surface area contributed by atoms with Crippen LogP contribution in [0.15, 0.2) is 24.3 Å². The Labute approximate surface area is 106 Å². The molecule has 1 atom stereocenters. The van der Waals surface area contributed by atoms with Crippen molar-refractivity contribution in [2.75, 3.05) is 33.4 Å². The van der Waals surface area contributed by atoms with Gasteiger partial charge in [-0.05, 0) is 18.2 Å². The van der Waals surface area contributed by atoms with Crippen molar-refractivity contribution in [3.63, 3.8) is 0 Å². The third-order valence-corrected chi connectivity index (χ3v) is 2.34. The number of aliphatic hydroxyl groups is 1. The first-order chi connectivity index (χ1) is 8.22. The smallest absolute Gasteiger partial charge is 0.120 e. The predicted molar refractivity (Wildman–Crippen MR) is 67.7 cm³/mol. The molecule has 0 aliphatic carbocycles. The highest BCUT2D eigenvalue weighted by molar-refractivity contribution is 6.30. The van der Waals surface area contributed by atoms with Gasteiger partial charge in [-0.1, -0.05) is 17.7 Å². The summed E-state index contributed by atoms with van der Waals surface area (Å²) in [5.41, 5.74) is 0. The minimum atomic E-state index is -0.550. The van der Waals surface area contributed by atoms with E-state index in [-0.39, 0.29) is 6.61 Å². The Bertz CT molecular complexity index is 322. The van der Waals surface area contributed by atoms with Crippen LogP contribution in [0.25, 0.3) is 0 Å². The monoisotopic (exact) mass is 259 g/mol. The lowest BCUT2D eigenvalue weighted by Gasteiger charge is -2.13. The van der Waals surface area contributed by atoms with Crippen molar-refractivity contribution >= 4 is 11.6 Å². The summed E-state index contributed by atoms with van der Waals surface area (Å²) in [4.78, 5) is 0. The summed E-state index contributed by atoms with van der Waals surface area (Å²) in [6.45, 7) is 2.05. The summed E-state index contributed by atoms with van der Waals surface area (Å²) in [6, 6.07) is 7.10. The van der Waals surface area contributed by atoms with Crippen LogP contribution in [0.5, 0.6) is 5.75 Å². The van der Waals surface area contributed by atoms with Crippen LogP contribution in [0.4, 0.5) is 0 Å². The van der Waals surface area contributed by atoms with Crippen molar-refractivity contribution in [1.82, 2.24) is 5.32 Å². The van der Waals surface area contributed by atoms with Crippen LogP contribution in [0.1, 0.15) is 0 Å². The molecular weight excluding hydrogens is 242 g/mol. The topological polar surface area (TPSA) is 50.7 Å². The van der Waals surface area contributed by atoms with Crippen LogP contribution in [0.2, 0.25) is 5.02 Å². The second-order valence-corrected chi connectivity index (χ2v) is 4.06. The fourth-order valence-corrected chi connectivity index (χ4v) is 1.43. The van der Waals surface area contributed by atoms with Crippen LogP contribution in [0.3, 0.4) is 0 Å². The lowest BCUT2D eigenvalue weighted by Crippen LogP contribution is -2.33. The minimum Gasteiger partial charge on any atom is -0.491 e. The Morgan fingerprint density at radius 3 is 3.00 bits per heavy atom. The van der Waals surface area contributed by atoms with Gasteiger partial charge in [-0.15, -0.1) is 0 Å². The van der Waals surface area contributed by atoms with E-state index in [1.807, 2.05) is 0 Å². The Morgan fingerprint density at radius 1 is 1.47 bits per heavy atom. The molecule has 96 valence electrons. The minimum absolute atomic E-state index is 0.236. The normalized spacial score (nSPS) is 12.4. The van der Waals surface area contributed by atoms with Gasteiger partial charge in [0.25, 0.3) is 0 Å². The van der Waals surface area contributed by atoms with Gasteiger partial charge in [0.1, 0.15) is 18.5 Å². The molecule has 17 heavy (non-hydrogen) atoms. The fraction of sp³-hybridized carbons (Fsp3) is 0.500. The molecule has 0 heterocycles. The van der Waals surface area contributed by atoms with E-state index in [9.17, 15) is 5.11 Å². The summed E-state index contributed by atoms with van der Waals surface area (Å²) in [6.07, 6.45) is -0.550. The molecule has 0 radical (unpaired) electrons. The zero-order valence-electron chi connectivity index (χ0n) is 9.86. The van der Waals surface area contributed by atoms with Gasteiger partial charge in [-0.3, -0.25) is 0 Å². The van der Waals surface area contributed by atoms with Crippen molar-refractivity contribution in [3.8, 4) is 5.75 Å². The molecule has 0 aliphatic rings. The summed E-state index contributed by atoms with van der Waals surface area (Å²) >= 11 is 5.81. The van der Waals surface area contributed by atoms with Crippen molar-refractivity contribution < 1.29 is 14.6 Å². The van der Waals surface area contributed by atoms with E-state index in [0.717, 1.165) is 0 Å². The molecular formula is C12H18ClNO3. The SMILES string of the molecule is COCCNCC(O)COc1cccc(Cl)c1. The largest absolute Gasteiger partial charge is 0.491 e. The van der Waals surface area contributed by atoms with Crippen molar-refractivity contribution in [2.24, 2.45) is 0 Å². The summed E-state index contributed by atoms with van der Waals surface area (Å²) in [5.74, 6) is 0.661. The number of nitrogens with one attached hydrogen (secondary N) is 1. The van der Waals surface area contributed by atoms with E-state index in [2.05, 4.69) is 5.32 Å². The maximum absolute atomic E-state index is 9.62. The van der Waals surface area contributed by atoms with Gasteiger partial charge < -0.3 is 19.9 Å². The number of hydrogen-bond donors (Lipinski definition) is 2. The van der Waals surface area contributed by atoms with Crippen molar-refractivity contribution in [1.29, 1.82) is 0 Å². The number of ether oxygens (including phenoxy) is 2. The molecule has 0 fully saturated rings. The van der Waals surface area contributed by atoms with Crippen LogP contribution in [-0.2, 0) is 4.74 Å². The Hall–Kier alpha value is -0.810. The molecule has 0 aromatic heterocycles. The van der Waals surface area contributed by atoms with E-state index in [1.165, 1.54) is 0 Å². The lowest BCUT2D eigenvalue weighted by atomic mass is 10.3. The Balaban J connectivity index is 2.17. The molecule has 0 saturated carbocycles. The van der Waals surface area contributed by atoms with E-state index in [0.29, 0.717) is 30.5 Å². The summed E-state index contributed by atoms with van der Waals surface area (Å²) < 4.78 is 10.3. The predicted octanol–water partition coefficient (Wildman–Crippen LogP) is 1.32. The van der Waals surface area contributed by atoms with Crippen molar-refractivity contribution in [2.45, 2.75) is 6.10 Å². The van der Waals surface area contributed by atoms with Gasteiger partial charge in [0, 0.05) is 25.2 Å². The first kappa shape index (κ1) is 14.3. The van der Waals surface area contributed by atoms with Crippen LogP contribution < -0.4 is 10.1 Å². The highest BCUT2D eigenvalue weighted by atomic mass is 35.5. The number of halogens is 1. The average molecular weight is 260 g/mol. The fourth-order valence-electron chi connectivity index (χ4n) is 1.25. The van der Waals surface area contributed by atoms with Gasteiger partial charge in [0.05, 0.1) is 6.61 Å². The lowest BCUT2D eigenvalue weighted by molar-refractivity contribution is 0.103. The number of benzene rings is 1. The Kier molecular flexibility index (Phi) is 6.96. The maximum Gasteiger partial charge on any atom is 0.120 e. The van der Waals surface area contributed by atoms with Gasteiger partial charge in [0.15, 0.2) is 0 Å². The van der Waals surface area contributed by atoms with Gasteiger partial charge >= 0.3 is 0 Å². The van der Waals surface area contributed by atoms with Crippen LogP contribution in [0, 0.1) is 0 Å². The highest BCUT2D eigenvalue weighted by Gasteiger charge is 2.04. The van der Waals surface area contributed by atoms with E-state index < -0.39 is 6.10 Å². The van der Waals surface area contributed by atoms with Gasteiger partial charge in [-0.25, -0.2) is 0 Å². The van der Waals surface area contributed by atoms with E-state index in [4.69, 9.17) is 21.1 Å².